The summed E-state index contributed by atoms with van der Waals surface area (Å²) in [6.07, 6.45) is 1.43. The molecule has 0 saturated carbocycles. The van der Waals surface area contributed by atoms with Gasteiger partial charge in [-0.3, -0.25) is 0 Å². The fourth-order valence-electron chi connectivity index (χ4n) is 1.14. The maximum Gasteiger partial charge on any atom is 0.167 e. The van der Waals surface area contributed by atoms with E-state index in [1.165, 1.54) is 12.3 Å². The second kappa shape index (κ2) is 5.88. The van der Waals surface area contributed by atoms with E-state index in [-0.39, 0.29) is 0 Å². The Morgan fingerprint density at radius 1 is 1.60 bits per heavy atom. The molecule has 0 unspecified atom stereocenters. The third-order valence-electron chi connectivity index (χ3n) is 1.93. The lowest BCUT2D eigenvalue weighted by Gasteiger charge is -2.18. The van der Waals surface area contributed by atoms with Crippen molar-refractivity contribution in [2.24, 2.45) is 0 Å². The van der Waals surface area contributed by atoms with Gasteiger partial charge in [0.05, 0.1) is 11.6 Å². The zero-order valence-corrected chi connectivity index (χ0v) is 9.59. The van der Waals surface area contributed by atoms with E-state index in [0.717, 1.165) is 0 Å². The molecule has 1 aromatic heterocycles. The molecular weight excluding hydrogens is 219 g/mol. The zero-order chi connectivity index (χ0) is 11.3. The molecule has 0 N–H and O–H groups in total. The number of rotatable bonds is 5. The number of likely N-dealkylation sites (N-methyl/N-ethyl adjacent to an activating group) is 1. The van der Waals surface area contributed by atoms with Gasteiger partial charge in [-0.1, -0.05) is 11.6 Å². The molecule has 0 saturated heterocycles. The Balaban J connectivity index is 2.61. The Morgan fingerprint density at radius 3 is 2.93 bits per heavy atom. The van der Waals surface area contributed by atoms with Crippen molar-refractivity contribution in [1.29, 1.82) is 0 Å². The van der Waals surface area contributed by atoms with Gasteiger partial charge < -0.3 is 9.64 Å². The second-order valence-electron chi connectivity index (χ2n) is 3.08. The molecule has 1 rings (SSSR count). The zero-order valence-electron chi connectivity index (χ0n) is 8.83. The monoisotopic (exact) mass is 232 g/mol. The van der Waals surface area contributed by atoms with Gasteiger partial charge in [0.2, 0.25) is 0 Å². The topological polar surface area (TPSA) is 25.4 Å². The number of anilines is 1. The number of aromatic nitrogens is 1. The van der Waals surface area contributed by atoms with Crippen LogP contribution in [0, 0.1) is 5.82 Å². The molecule has 1 aromatic rings. The summed E-state index contributed by atoms with van der Waals surface area (Å²) in [5.41, 5.74) is 0. The Labute approximate surface area is 93.8 Å². The molecule has 0 aliphatic heterocycles. The van der Waals surface area contributed by atoms with E-state index < -0.39 is 5.82 Å². The summed E-state index contributed by atoms with van der Waals surface area (Å²) in [5, 5.41) is 0.300. The summed E-state index contributed by atoms with van der Waals surface area (Å²) >= 11 is 5.60. The molecule has 15 heavy (non-hydrogen) atoms. The lowest BCUT2D eigenvalue weighted by molar-refractivity contribution is 0.154. The van der Waals surface area contributed by atoms with Crippen molar-refractivity contribution in [3.63, 3.8) is 0 Å². The molecular formula is C10H14ClFN2O. The van der Waals surface area contributed by atoms with Crippen LogP contribution < -0.4 is 4.90 Å². The fraction of sp³-hybridized carbons (Fsp3) is 0.500. The largest absolute Gasteiger partial charge is 0.380 e. The van der Waals surface area contributed by atoms with Crippen LogP contribution in [0.25, 0.3) is 0 Å². The molecule has 84 valence electrons. The van der Waals surface area contributed by atoms with Crippen LogP contribution in [0.15, 0.2) is 12.3 Å². The standard InChI is InChI=1S/C10H14ClFN2O/c1-3-15-5-4-14(2)10-9(12)6-8(11)7-13-10/h6-7H,3-5H2,1-2H3. The first-order valence-corrected chi connectivity index (χ1v) is 5.13. The van der Waals surface area contributed by atoms with E-state index in [1.807, 2.05) is 6.92 Å². The van der Waals surface area contributed by atoms with Gasteiger partial charge in [0.1, 0.15) is 0 Å². The minimum atomic E-state index is -0.415. The molecule has 3 nitrogen and oxygen atoms in total. The summed E-state index contributed by atoms with van der Waals surface area (Å²) < 4.78 is 18.6. The van der Waals surface area contributed by atoms with Gasteiger partial charge in [0.25, 0.3) is 0 Å². The molecule has 0 radical (unpaired) electrons. The number of pyridine rings is 1. The van der Waals surface area contributed by atoms with Crippen LogP contribution >= 0.6 is 11.6 Å². The fourth-order valence-corrected chi connectivity index (χ4v) is 1.28. The number of hydrogen-bond acceptors (Lipinski definition) is 3. The van der Waals surface area contributed by atoms with Crippen LogP contribution in [-0.2, 0) is 4.74 Å². The number of ether oxygens (including phenoxy) is 1. The van der Waals surface area contributed by atoms with Crippen LogP contribution in [0.3, 0.4) is 0 Å². The first kappa shape index (κ1) is 12.2. The maximum atomic E-state index is 13.4. The smallest absolute Gasteiger partial charge is 0.167 e. The van der Waals surface area contributed by atoms with Gasteiger partial charge in [-0.25, -0.2) is 9.37 Å². The second-order valence-corrected chi connectivity index (χ2v) is 3.51. The van der Waals surface area contributed by atoms with E-state index in [9.17, 15) is 4.39 Å². The van der Waals surface area contributed by atoms with Crippen molar-refractivity contribution >= 4 is 17.4 Å². The van der Waals surface area contributed by atoms with Crippen LogP contribution in [0.5, 0.6) is 0 Å². The van der Waals surface area contributed by atoms with Crippen LogP contribution in [-0.4, -0.2) is 31.8 Å². The molecule has 0 fully saturated rings. The Morgan fingerprint density at radius 2 is 2.33 bits per heavy atom. The highest BCUT2D eigenvalue weighted by molar-refractivity contribution is 6.30. The normalized spacial score (nSPS) is 10.4. The van der Waals surface area contributed by atoms with E-state index in [0.29, 0.717) is 30.6 Å². The number of nitrogens with zero attached hydrogens (tertiary/aromatic N) is 2. The summed E-state index contributed by atoms with van der Waals surface area (Å²) in [5.74, 6) is -0.124. The average molecular weight is 233 g/mol. The predicted molar refractivity (Wildman–Crippen MR) is 59.0 cm³/mol. The van der Waals surface area contributed by atoms with Crippen molar-refractivity contribution in [2.75, 3.05) is 31.7 Å². The summed E-state index contributed by atoms with van der Waals surface area (Å²) in [6, 6.07) is 1.25. The molecule has 1 heterocycles. The van der Waals surface area contributed by atoms with Gasteiger partial charge in [0.15, 0.2) is 11.6 Å². The maximum absolute atomic E-state index is 13.4. The Hall–Kier alpha value is -0.870. The Kier molecular flexibility index (Phi) is 4.78. The minimum Gasteiger partial charge on any atom is -0.380 e. The van der Waals surface area contributed by atoms with Crippen LogP contribution in [0.4, 0.5) is 10.2 Å². The number of hydrogen-bond donors (Lipinski definition) is 0. The summed E-state index contributed by atoms with van der Waals surface area (Å²) in [6.45, 7) is 3.72. The highest BCUT2D eigenvalue weighted by Crippen LogP contribution is 2.18. The van der Waals surface area contributed by atoms with Gasteiger partial charge in [-0.05, 0) is 13.0 Å². The summed E-state index contributed by atoms with van der Waals surface area (Å²) in [4.78, 5) is 5.62. The summed E-state index contributed by atoms with van der Waals surface area (Å²) in [7, 11) is 1.76. The van der Waals surface area contributed by atoms with E-state index in [4.69, 9.17) is 16.3 Å². The third-order valence-corrected chi connectivity index (χ3v) is 2.13. The van der Waals surface area contributed by atoms with Gasteiger partial charge in [-0.15, -0.1) is 0 Å². The van der Waals surface area contributed by atoms with E-state index in [1.54, 1.807) is 11.9 Å². The van der Waals surface area contributed by atoms with E-state index in [2.05, 4.69) is 4.98 Å². The van der Waals surface area contributed by atoms with Gasteiger partial charge in [-0.2, -0.15) is 0 Å². The SMILES string of the molecule is CCOCCN(C)c1ncc(Cl)cc1F. The van der Waals surface area contributed by atoms with Crippen molar-refractivity contribution in [2.45, 2.75) is 6.92 Å². The molecule has 0 aliphatic carbocycles. The predicted octanol–water partition coefficient (Wildman–Crippen LogP) is 2.35. The lowest BCUT2D eigenvalue weighted by atomic mass is 10.4. The molecule has 0 atom stereocenters. The first-order chi connectivity index (χ1) is 7.15. The quantitative estimate of drug-likeness (QED) is 0.729. The minimum absolute atomic E-state index is 0.291. The lowest BCUT2D eigenvalue weighted by Crippen LogP contribution is -2.24. The molecule has 0 amide bonds. The average Bonchev–Trinajstić information content (AvgIpc) is 2.17. The van der Waals surface area contributed by atoms with Crippen LogP contribution in [0.2, 0.25) is 5.02 Å². The molecule has 0 aliphatic rings. The van der Waals surface area contributed by atoms with Crippen molar-refractivity contribution in [3.8, 4) is 0 Å². The van der Waals surface area contributed by atoms with Crippen molar-refractivity contribution < 1.29 is 9.13 Å². The van der Waals surface area contributed by atoms with Gasteiger partial charge in [0, 0.05) is 26.4 Å². The van der Waals surface area contributed by atoms with Crippen molar-refractivity contribution in [1.82, 2.24) is 4.98 Å². The highest BCUT2D eigenvalue weighted by Gasteiger charge is 2.09. The Bertz CT molecular complexity index is 322. The van der Waals surface area contributed by atoms with E-state index >= 15 is 0 Å². The molecule has 0 bridgehead atoms. The molecule has 0 spiro atoms. The molecule has 0 aromatic carbocycles. The van der Waals surface area contributed by atoms with Crippen LogP contribution in [0.1, 0.15) is 6.92 Å². The molecule has 5 heteroatoms. The van der Waals surface area contributed by atoms with Crippen molar-refractivity contribution in [3.05, 3.63) is 23.1 Å². The van der Waals surface area contributed by atoms with Gasteiger partial charge >= 0.3 is 0 Å². The first-order valence-electron chi connectivity index (χ1n) is 4.75. The highest BCUT2D eigenvalue weighted by atomic mass is 35.5. The third kappa shape index (κ3) is 3.64. The number of halogens is 2.